The number of para-hydroxylation sites is 1. The zero-order valence-corrected chi connectivity index (χ0v) is 11.9. The molecule has 1 amide bonds. The molecule has 0 radical (unpaired) electrons. The minimum absolute atomic E-state index is 0.0290. The first-order valence-electron chi connectivity index (χ1n) is 7.15. The molecule has 0 heterocycles. The van der Waals surface area contributed by atoms with E-state index in [0.29, 0.717) is 0 Å². The zero-order valence-electron chi connectivity index (χ0n) is 11.9. The van der Waals surface area contributed by atoms with E-state index in [1.807, 2.05) is 0 Å². The van der Waals surface area contributed by atoms with Crippen LogP contribution in [0, 0.1) is 0 Å². The van der Waals surface area contributed by atoms with Gasteiger partial charge in [0.25, 0.3) is 5.91 Å². The minimum Gasteiger partial charge on any atom is -0.490 e. The summed E-state index contributed by atoms with van der Waals surface area (Å²) in [5.41, 5.74) is 0.170. The first-order valence-corrected chi connectivity index (χ1v) is 7.15. The minimum atomic E-state index is -4.75. The molecule has 0 spiro atoms. The van der Waals surface area contributed by atoms with E-state index in [-0.39, 0.29) is 23.3 Å². The highest BCUT2D eigenvalue weighted by atomic mass is 19.4. The average Bonchev–Trinajstić information content (AvgIpc) is 2.96. The average molecular weight is 317 g/mol. The molecule has 22 heavy (non-hydrogen) atoms. The Morgan fingerprint density at radius 1 is 1.32 bits per heavy atom. The molecular weight excluding hydrogens is 299 g/mol. The van der Waals surface area contributed by atoms with Gasteiger partial charge in [-0.3, -0.25) is 4.79 Å². The predicted molar refractivity (Wildman–Crippen MR) is 73.7 cm³/mol. The Hall–Kier alpha value is -1.76. The molecule has 4 nitrogen and oxygen atoms in total. The number of aliphatic hydroxyl groups is 1. The van der Waals surface area contributed by atoms with E-state index in [0.717, 1.165) is 25.7 Å². The Kier molecular flexibility index (Phi) is 5.28. The van der Waals surface area contributed by atoms with Gasteiger partial charge >= 0.3 is 6.18 Å². The maximum atomic E-state index is 12.3. The number of hydrogen-bond donors (Lipinski definition) is 2. The number of carbonyl (C=O) groups excluding carboxylic acids is 1. The molecule has 1 saturated carbocycles. The molecule has 1 aliphatic rings. The summed E-state index contributed by atoms with van der Waals surface area (Å²) in [6, 6.07) is 6.16. The normalized spacial score (nSPS) is 17.3. The quantitative estimate of drug-likeness (QED) is 0.878. The van der Waals surface area contributed by atoms with Crippen LogP contribution in [0.15, 0.2) is 24.3 Å². The standard InChI is InChI=1S/C15H18F3NO3/c16-15(17,18)13(20)9-22-12-8-4-3-7-11(12)14(21)19-10-5-1-2-6-10/h3-4,7-8,10,13,20H,1-2,5-6,9H2,(H,19,21)/t13-/m0/s1. The van der Waals surface area contributed by atoms with E-state index in [1.54, 1.807) is 12.1 Å². The van der Waals surface area contributed by atoms with E-state index in [4.69, 9.17) is 9.84 Å². The summed E-state index contributed by atoms with van der Waals surface area (Å²) in [5, 5.41) is 11.8. The molecule has 0 unspecified atom stereocenters. The second-order valence-corrected chi connectivity index (χ2v) is 5.32. The van der Waals surface area contributed by atoms with Gasteiger partial charge in [-0.25, -0.2) is 0 Å². The summed E-state index contributed by atoms with van der Waals surface area (Å²) in [6.45, 7) is -0.947. The third-order valence-electron chi connectivity index (χ3n) is 3.60. The summed E-state index contributed by atoms with van der Waals surface area (Å²) in [5.74, 6) is -0.342. The van der Waals surface area contributed by atoms with Crippen molar-refractivity contribution >= 4 is 5.91 Å². The number of rotatable bonds is 5. The highest BCUT2D eigenvalue weighted by Crippen LogP contribution is 2.24. The maximum Gasteiger partial charge on any atom is 0.417 e. The van der Waals surface area contributed by atoms with Crippen LogP contribution in [-0.2, 0) is 0 Å². The van der Waals surface area contributed by atoms with Crippen LogP contribution < -0.4 is 10.1 Å². The fourth-order valence-electron chi connectivity index (χ4n) is 2.38. The van der Waals surface area contributed by atoms with Crippen LogP contribution in [0.5, 0.6) is 5.75 Å². The van der Waals surface area contributed by atoms with Crippen LogP contribution in [0.4, 0.5) is 13.2 Å². The van der Waals surface area contributed by atoms with E-state index < -0.39 is 18.9 Å². The Labute approximate surface area is 126 Å². The van der Waals surface area contributed by atoms with Crippen LogP contribution in [0.25, 0.3) is 0 Å². The molecule has 1 aromatic rings. The molecule has 0 aliphatic heterocycles. The van der Waals surface area contributed by atoms with Crippen LogP contribution >= 0.6 is 0 Å². The Morgan fingerprint density at radius 2 is 1.95 bits per heavy atom. The molecular formula is C15H18F3NO3. The molecule has 1 aliphatic carbocycles. The lowest BCUT2D eigenvalue weighted by Gasteiger charge is -2.18. The molecule has 0 saturated heterocycles. The number of hydrogen-bond acceptors (Lipinski definition) is 3. The van der Waals surface area contributed by atoms with Gasteiger partial charge in [0.2, 0.25) is 0 Å². The molecule has 7 heteroatoms. The number of aliphatic hydroxyl groups excluding tert-OH is 1. The van der Waals surface area contributed by atoms with Crippen molar-refractivity contribution in [2.24, 2.45) is 0 Å². The highest BCUT2D eigenvalue weighted by Gasteiger charge is 2.38. The Morgan fingerprint density at radius 3 is 2.59 bits per heavy atom. The van der Waals surface area contributed by atoms with Crippen LogP contribution in [0.3, 0.4) is 0 Å². The van der Waals surface area contributed by atoms with Gasteiger partial charge in [0.15, 0.2) is 6.10 Å². The predicted octanol–water partition coefficient (Wildman–Crippen LogP) is 2.66. The van der Waals surface area contributed by atoms with Crippen molar-refractivity contribution in [2.75, 3.05) is 6.61 Å². The summed E-state index contributed by atoms with van der Waals surface area (Å²) >= 11 is 0. The lowest BCUT2D eigenvalue weighted by atomic mass is 10.1. The first kappa shape index (κ1) is 16.6. The molecule has 1 aromatic carbocycles. The molecule has 1 fully saturated rings. The van der Waals surface area contributed by atoms with Gasteiger partial charge in [-0.1, -0.05) is 25.0 Å². The fraction of sp³-hybridized carbons (Fsp3) is 0.533. The van der Waals surface area contributed by atoms with Crippen molar-refractivity contribution in [3.8, 4) is 5.75 Å². The van der Waals surface area contributed by atoms with Crippen molar-refractivity contribution in [2.45, 2.75) is 44.0 Å². The van der Waals surface area contributed by atoms with Gasteiger partial charge in [0.05, 0.1) is 5.56 Å². The number of carbonyl (C=O) groups is 1. The van der Waals surface area contributed by atoms with Gasteiger partial charge in [-0.15, -0.1) is 0 Å². The Bertz CT molecular complexity index is 513. The number of ether oxygens (including phenoxy) is 1. The van der Waals surface area contributed by atoms with Crippen molar-refractivity contribution in [1.29, 1.82) is 0 Å². The van der Waals surface area contributed by atoms with Gasteiger partial charge in [0, 0.05) is 6.04 Å². The van der Waals surface area contributed by atoms with Crippen molar-refractivity contribution in [3.63, 3.8) is 0 Å². The van der Waals surface area contributed by atoms with E-state index >= 15 is 0 Å². The number of nitrogens with one attached hydrogen (secondary N) is 1. The molecule has 2 N–H and O–H groups in total. The Balaban J connectivity index is 2.01. The lowest BCUT2D eigenvalue weighted by molar-refractivity contribution is -0.210. The van der Waals surface area contributed by atoms with Gasteiger partial charge in [-0.05, 0) is 25.0 Å². The van der Waals surface area contributed by atoms with Crippen molar-refractivity contribution in [1.82, 2.24) is 5.32 Å². The third kappa shape index (κ3) is 4.37. The van der Waals surface area contributed by atoms with Gasteiger partial charge in [-0.2, -0.15) is 13.2 Å². The molecule has 0 aromatic heterocycles. The second-order valence-electron chi connectivity index (χ2n) is 5.32. The molecule has 1 atom stereocenters. The van der Waals surface area contributed by atoms with Crippen LogP contribution in [0.1, 0.15) is 36.0 Å². The number of alkyl halides is 3. The summed E-state index contributed by atoms with van der Waals surface area (Å²) in [6.07, 6.45) is -3.41. The van der Waals surface area contributed by atoms with Crippen molar-refractivity contribution < 1.29 is 27.8 Å². The SMILES string of the molecule is O=C(NC1CCCC1)c1ccccc1OC[C@H](O)C(F)(F)F. The number of amides is 1. The lowest BCUT2D eigenvalue weighted by Crippen LogP contribution is -2.35. The maximum absolute atomic E-state index is 12.3. The molecule has 122 valence electrons. The molecule has 2 rings (SSSR count). The third-order valence-corrected chi connectivity index (χ3v) is 3.60. The number of benzene rings is 1. The van der Waals surface area contributed by atoms with Gasteiger partial charge < -0.3 is 15.2 Å². The summed E-state index contributed by atoms with van der Waals surface area (Å²) in [4.78, 5) is 12.2. The van der Waals surface area contributed by atoms with E-state index in [9.17, 15) is 18.0 Å². The number of halogens is 3. The summed E-state index contributed by atoms with van der Waals surface area (Å²) in [7, 11) is 0. The second kappa shape index (κ2) is 7.00. The van der Waals surface area contributed by atoms with Crippen molar-refractivity contribution in [3.05, 3.63) is 29.8 Å². The monoisotopic (exact) mass is 317 g/mol. The highest BCUT2D eigenvalue weighted by molar-refractivity contribution is 5.97. The first-order chi connectivity index (χ1) is 10.4. The largest absolute Gasteiger partial charge is 0.490 e. The van der Waals surface area contributed by atoms with Gasteiger partial charge in [0.1, 0.15) is 12.4 Å². The topological polar surface area (TPSA) is 58.6 Å². The summed E-state index contributed by atoms with van der Waals surface area (Å²) < 4.78 is 41.8. The van der Waals surface area contributed by atoms with E-state index in [2.05, 4.69) is 5.32 Å². The van der Waals surface area contributed by atoms with E-state index in [1.165, 1.54) is 12.1 Å². The van der Waals surface area contributed by atoms with Crippen LogP contribution in [0.2, 0.25) is 0 Å². The fourth-order valence-corrected chi connectivity index (χ4v) is 2.38. The molecule has 0 bridgehead atoms. The van der Waals surface area contributed by atoms with Crippen LogP contribution in [-0.4, -0.2) is 35.9 Å². The zero-order chi connectivity index (χ0) is 16.2. The smallest absolute Gasteiger partial charge is 0.417 e.